The molecule has 2 aliphatic rings. The van der Waals surface area contributed by atoms with Gasteiger partial charge in [0.25, 0.3) is 5.91 Å². The number of rotatable bonds is 5. The van der Waals surface area contributed by atoms with Crippen molar-refractivity contribution in [3.63, 3.8) is 0 Å². The first-order valence-electron chi connectivity index (χ1n) is 10.3. The van der Waals surface area contributed by atoms with Gasteiger partial charge in [0.15, 0.2) is 11.5 Å². The molecule has 0 saturated heterocycles. The second-order valence-corrected chi connectivity index (χ2v) is 7.48. The maximum atomic E-state index is 13.2. The maximum absolute atomic E-state index is 13.2. The monoisotopic (exact) mass is 425 g/mol. The molecule has 4 rings (SSSR count). The van der Waals surface area contributed by atoms with Crippen LogP contribution in [0.1, 0.15) is 18.9 Å². The minimum absolute atomic E-state index is 0.0778. The molecule has 0 spiro atoms. The summed E-state index contributed by atoms with van der Waals surface area (Å²) in [7, 11) is 4.85. The summed E-state index contributed by atoms with van der Waals surface area (Å²) < 4.78 is 28.4. The largest absolute Gasteiger partial charge is 0.496 e. The highest BCUT2D eigenvalue weighted by molar-refractivity contribution is 5.84. The topological polar surface area (TPSA) is 66.5 Å². The molecule has 0 radical (unpaired) electrons. The molecule has 7 nitrogen and oxygen atoms in total. The van der Waals surface area contributed by atoms with E-state index in [4.69, 9.17) is 23.7 Å². The van der Waals surface area contributed by atoms with Crippen LogP contribution in [0.3, 0.4) is 0 Å². The molecule has 1 amide bonds. The standard InChI is InChI=1S/C24H27NO6/c1-15-23(31-19-8-6-5-7-18(19)30-15)24(26)25-11-9-16(10-12-25)22-20(28-3)13-17(27-2)14-21(22)29-4/h5-9,13-15,23H,10-12H2,1-4H3/t15-,23+/m0/s1. The van der Waals surface area contributed by atoms with Gasteiger partial charge < -0.3 is 28.6 Å². The van der Waals surface area contributed by atoms with Crippen LogP contribution < -0.4 is 23.7 Å². The predicted molar refractivity (Wildman–Crippen MR) is 116 cm³/mol. The zero-order valence-corrected chi connectivity index (χ0v) is 18.2. The first-order valence-corrected chi connectivity index (χ1v) is 10.3. The predicted octanol–water partition coefficient (Wildman–Crippen LogP) is 3.56. The molecule has 0 aliphatic carbocycles. The van der Waals surface area contributed by atoms with Crippen LogP contribution in [0.5, 0.6) is 28.7 Å². The van der Waals surface area contributed by atoms with E-state index in [1.165, 1.54) is 0 Å². The van der Waals surface area contributed by atoms with Crippen molar-refractivity contribution in [1.29, 1.82) is 0 Å². The summed E-state index contributed by atoms with van der Waals surface area (Å²) in [6.45, 7) is 2.90. The van der Waals surface area contributed by atoms with Crippen LogP contribution in [-0.4, -0.2) is 57.4 Å². The zero-order valence-electron chi connectivity index (χ0n) is 18.2. The number of methoxy groups -OCH3 is 3. The Hall–Kier alpha value is -3.35. The van der Waals surface area contributed by atoms with E-state index in [1.807, 2.05) is 49.4 Å². The molecule has 164 valence electrons. The lowest BCUT2D eigenvalue weighted by Crippen LogP contribution is -2.51. The molecule has 0 N–H and O–H groups in total. The highest BCUT2D eigenvalue weighted by Gasteiger charge is 2.37. The molecule has 2 aromatic rings. The number of hydrogen-bond acceptors (Lipinski definition) is 6. The van der Waals surface area contributed by atoms with E-state index in [-0.39, 0.29) is 12.0 Å². The van der Waals surface area contributed by atoms with Crippen molar-refractivity contribution in [3.05, 3.63) is 48.0 Å². The first kappa shape index (κ1) is 20.9. The second-order valence-electron chi connectivity index (χ2n) is 7.48. The quantitative estimate of drug-likeness (QED) is 0.730. The van der Waals surface area contributed by atoms with E-state index in [0.29, 0.717) is 48.3 Å². The molecule has 2 aromatic carbocycles. The van der Waals surface area contributed by atoms with E-state index < -0.39 is 6.10 Å². The fourth-order valence-electron chi connectivity index (χ4n) is 3.99. The summed E-state index contributed by atoms with van der Waals surface area (Å²) in [5.74, 6) is 3.20. The van der Waals surface area contributed by atoms with Gasteiger partial charge in [0.1, 0.15) is 23.4 Å². The molecule has 0 bridgehead atoms. The normalized spacial score (nSPS) is 20.0. The van der Waals surface area contributed by atoms with Gasteiger partial charge in [-0.05, 0) is 31.1 Å². The molecular weight excluding hydrogens is 398 g/mol. The van der Waals surface area contributed by atoms with Crippen LogP contribution in [-0.2, 0) is 4.79 Å². The second kappa shape index (κ2) is 8.79. The SMILES string of the molecule is COc1cc(OC)c(C2=CCN(C(=O)[C@@H]3Oc4ccccc4O[C@H]3C)CC2)c(OC)c1. The average Bonchev–Trinajstić information content (AvgIpc) is 2.82. The maximum Gasteiger partial charge on any atom is 0.267 e. The summed E-state index contributed by atoms with van der Waals surface area (Å²) in [6, 6.07) is 11.1. The number of benzene rings is 2. The van der Waals surface area contributed by atoms with E-state index in [9.17, 15) is 4.79 Å². The third-order valence-corrected chi connectivity index (χ3v) is 5.64. The third kappa shape index (κ3) is 4.00. The first-order chi connectivity index (χ1) is 15.0. The van der Waals surface area contributed by atoms with Crippen molar-refractivity contribution >= 4 is 11.5 Å². The van der Waals surface area contributed by atoms with Crippen LogP contribution in [0, 0.1) is 0 Å². The van der Waals surface area contributed by atoms with E-state index in [0.717, 1.165) is 11.1 Å². The van der Waals surface area contributed by atoms with Gasteiger partial charge in [-0.25, -0.2) is 0 Å². The Balaban J connectivity index is 1.53. The summed E-state index contributed by atoms with van der Waals surface area (Å²) in [5, 5.41) is 0. The van der Waals surface area contributed by atoms with Crippen LogP contribution in [0.25, 0.3) is 5.57 Å². The van der Waals surface area contributed by atoms with Crippen molar-refractivity contribution in [2.45, 2.75) is 25.6 Å². The van der Waals surface area contributed by atoms with E-state index in [1.54, 1.807) is 26.2 Å². The van der Waals surface area contributed by atoms with Gasteiger partial charge in [0, 0.05) is 25.2 Å². The minimum atomic E-state index is -0.671. The van der Waals surface area contributed by atoms with Gasteiger partial charge in [0.2, 0.25) is 6.10 Å². The number of ether oxygens (including phenoxy) is 5. The summed E-state index contributed by atoms with van der Waals surface area (Å²) in [4.78, 5) is 15.0. The van der Waals surface area contributed by atoms with Crippen molar-refractivity contribution in [1.82, 2.24) is 4.90 Å². The number of hydrogen-bond donors (Lipinski definition) is 0. The molecule has 2 aliphatic heterocycles. The van der Waals surface area contributed by atoms with Crippen LogP contribution in [0.2, 0.25) is 0 Å². The summed E-state index contributed by atoms with van der Waals surface area (Å²) >= 11 is 0. The number of para-hydroxylation sites is 2. The van der Waals surface area contributed by atoms with Crippen molar-refractivity contribution < 1.29 is 28.5 Å². The van der Waals surface area contributed by atoms with Crippen molar-refractivity contribution in [3.8, 4) is 28.7 Å². The van der Waals surface area contributed by atoms with Gasteiger partial charge in [-0.1, -0.05) is 18.2 Å². The average molecular weight is 425 g/mol. The lowest BCUT2D eigenvalue weighted by atomic mass is 9.96. The Morgan fingerprint density at radius 2 is 1.65 bits per heavy atom. The third-order valence-electron chi connectivity index (χ3n) is 5.64. The summed E-state index contributed by atoms with van der Waals surface area (Å²) in [6.07, 6.45) is 1.67. The van der Waals surface area contributed by atoms with E-state index in [2.05, 4.69) is 0 Å². The van der Waals surface area contributed by atoms with E-state index >= 15 is 0 Å². The molecular formula is C24H27NO6. The molecule has 31 heavy (non-hydrogen) atoms. The Bertz CT molecular complexity index is 976. The van der Waals surface area contributed by atoms with Crippen LogP contribution in [0.4, 0.5) is 0 Å². The Morgan fingerprint density at radius 1 is 1.00 bits per heavy atom. The van der Waals surface area contributed by atoms with Gasteiger partial charge in [-0.3, -0.25) is 4.79 Å². The molecule has 0 fully saturated rings. The van der Waals surface area contributed by atoms with Crippen LogP contribution in [0.15, 0.2) is 42.5 Å². The smallest absolute Gasteiger partial charge is 0.267 e. The molecule has 2 atom stereocenters. The number of carbonyl (C=O) groups excluding carboxylic acids is 1. The molecule has 7 heteroatoms. The Kier molecular flexibility index (Phi) is 5.93. The Morgan fingerprint density at radius 3 is 2.19 bits per heavy atom. The highest BCUT2D eigenvalue weighted by atomic mass is 16.6. The van der Waals surface area contributed by atoms with Gasteiger partial charge in [-0.15, -0.1) is 0 Å². The van der Waals surface area contributed by atoms with Gasteiger partial charge in [0.05, 0.1) is 26.9 Å². The molecule has 2 heterocycles. The summed E-state index contributed by atoms with van der Waals surface area (Å²) in [5.41, 5.74) is 1.96. The lowest BCUT2D eigenvalue weighted by Gasteiger charge is -2.35. The van der Waals surface area contributed by atoms with Crippen LogP contribution >= 0.6 is 0 Å². The van der Waals surface area contributed by atoms with Gasteiger partial charge >= 0.3 is 0 Å². The lowest BCUT2D eigenvalue weighted by molar-refractivity contribution is -0.143. The fourth-order valence-corrected chi connectivity index (χ4v) is 3.99. The van der Waals surface area contributed by atoms with Crippen molar-refractivity contribution in [2.24, 2.45) is 0 Å². The number of amides is 1. The minimum Gasteiger partial charge on any atom is -0.496 e. The number of carbonyl (C=O) groups is 1. The van der Waals surface area contributed by atoms with Crippen molar-refractivity contribution in [2.75, 3.05) is 34.4 Å². The van der Waals surface area contributed by atoms with Gasteiger partial charge in [-0.2, -0.15) is 0 Å². The molecule has 0 saturated carbocycles. The number of fused-ring (bicyclic) bond motifs is 1. The zero-order chi connectivity index (χ0) is 22.0. The highest BCUT2D eigenvalue weighted by Crippen LogP contribution is 2.41. The molecule has 0 unspecified atom stereocenters. The fraction of sp³-hybridized carbons (Fsp3) is 0.375. The Labute approximate surface area is 182 Å². The molecule has 0 aromatic heterocycles. The number of nitrogens with zero attached hydrogens (tertiary/aromatic N) is 1.